The predicted molar refractivity (Wildman–Crippen MR) is 103 cm³/mol. The van der Waals surface area contributed by atoms with E-state index in [0.29, 0.717) is 24.7 Å². The topological polar surface area (TPSA) is 67.9 Å². The summed E-state index contributed by atoms with van der Waals surface area (Å²) >= 11 is 1.76. The second-order valence-electron chi connectivity index (χ2n) is 6.12. The van der Waals surface area contributed by atoms with Gasteiger partial charge in [-0.3, -0.25) is 0 Å². The monoisotopic (exact) mass is 394 g/mol. The van der Waals surface area contributed by atoms with Crippen LogP contribution in [0.25, 0.3) is 0 Å². The quantitative estimate of drug-likeness (QED) is 0.813. The van der Waals surface area contributed by atoms with Crippen LogP contribution < -0.4 is 14.2 Å². The van der Waals surface area contributed by atoms with Gasteiger partial charge in [-0.15, -0.1) is 11.8 Å². The fraction of sp³-hybridized carbons (Fsp3) is 0.333. The first-order chi connectivity index (χ1) is 12.4. The average Bonchev–Trinajstić information content (AvgIpc) is 2.62. The van der Waals surface area contributed by atoms with Crippen LogP contribution in [0.4, 0.5) is 0 Å². The van der Waals surface area contributed by atoms with Crippen molar-refractivity contribution in [1.29, 1.82) is 0 Å². The van der Waals surface area contributed by atoms with Crippen molar-refractivity contribution in [2.45, 2.75) is 16.3 Å². The van der Waals surface area contributed by atoms with Gasteiger partial charge in [-0.2, -0.15) is 0 Å². The van der Waals surface area contributed by atoms with Crippen LogP contribution in [0.1, 0.15) is 5.56 Å². The van der Waals surface area contributed by atoms with Crippen LogP contribution in [0.2, 0.25) is 0 Å². The average molecular weight is 395 g/mol. The molecule has 3 rings (SSSR count). The molecule has 26 heavy (non-hydrogen) atoms. The molecule has 0 saturated carbocycles. The van der Waals surface area contributed by atoms with Crippen LogP contribution in [-0.2, 0) is 16.6 Å². The summed E-state index contributed by atoms with van der Waals surface area (Å²) in [7, 11) is 1.74. The Bertz CT molecular complexity index is 898. The van der Waals surface area contributed by atoms with Gasteiger partial charge in [0.2, 0.25) is 10.0 Å². The number of nitrogens with zero attached hydrogens (tertiary/aromatic N) is 1. The highest BCUT2D eigenvalue weighted by molar-refractivity contribution is 7.99. The second kappa shape index (κ2) is 7.87. The molecule has 1 heterocycles. The fourth-order valence-electron chi connectivity index (χ4n) is 2.62. The molecule has 0 atom stereocenters. The Morgan fingerprint density at radius 1 is 1.23 bits per heavy atom. The van der Waals surface area contributed by atoms with Crippen molar-refractivity contribution >= 4 is 21.8 Å². The second-order valence-corrected chi connectivity index (χ2v) is 9.15. The van der Waals surface area contributed by atoms with Gasteiger partial charge < -0.3 is 14.4 Å². The maximum Gasteiger partial charge on any atom is 0.240 e. The van der Waals surface area contributed by atoms with Crippen LogP contribution in [0.5, 0.6) is 17.2 Å². The van der Waals surface area contributed by atoms with E-state index < -0.39 is 10.0 Å². The molecule has 8 heteroatoms. The normalized spacial score (nSPS) is 14.0. The molecule has 0 spiro atoms. The number of ether oxygens (including phenoxy) is 2. The Labute approximate surface area is 158 Å². The summed E-state index contributed by atoms with van der Waals surface area (Å²) in [6.07, 6.45) is 0. The van der Waals surface area contributed by atoms with Crippen molar-refractivity contribution < 1.29 is 17.9 Å². The number of hydrogen-bond acceptors (Lipinski definition) is 6. The smallest absolute Gasteiger partial charge is 0.240 e. The Morgan fingerprint density at radius 3 is 2.77 bits per heavy atom. The lowest BCUT2D eigenvalue weighted by atomic mass is 10.2. The van der Waals surface area contributed by atoms with Crippen molar-refractivity contribution in [3.63, 3.8) is 0 Å². The summed E-state index contributed by atoms with van der Waals surface area (Å²) < 4.78 is 38.2. The van der Waals surface area contributed by atoms with Gasteiger partial charge in [-0.25, -0.2) is 13.1 Å². The molecule has 0 radical (unpaired) electrons. The summed E-state index contributed by atoms with van der Waals surface area (Å²) in [5.41, 5.74) is 0.791. The highest BCUT2D eigenvalue weighted by Crippen LogP contribution is 2.37. The molecule has 1 aliphatic heterocycles. The maximum absolute atomic E-state index is 12.1. The molecule has 2 aromatic carbocycles. The molecular weight excluding hydrogens is 372 g/mol. The number of thioether (sulfide) groups is 1. The molecule has 0 fully saturated rings. The number of fused-ring (bicyclic) bond motifs is 1. The Balaban J connectivity index is 1.93. The molecule has 2 aromatic rings. The summed E-state index contributed by atoms with van der Waals surface area (Å²) in [6.45, 7) is 1.24. The number of rotatable bonds is 6. The third kappa shape index (κ3) is 4.32. The summed E-state index contributed by atoms with van der Waals surface area (Å²) in [5.74, 6) is 3.05. The molecule has 140 valence electrons. The first kappa shape index (κ1) is 19.0. The van der Waals surface area contributed by atoms with Crippen LogP contribution in [0.15, 0.2) is 46.2 Å². The highest BCUT2D eigenvalue weighted by Gasteiger charge is 2.17. The highest BCUT2D eigenvalue weighted by atomic mass is 32.2. The minimum absolute atomic E-state index is 0.217. The summed E-state index contributed by atoms with van der Waals surface area (Å²) in [5, 5.41) is 0. The Hall–Kier alpha value is -1.74. The minimum atomic E-state index is -3.51. The predicted octanol–water partition coefficient (Wildman–Crippen LogP) is 2.93. The lowest BCUT2D eigenvalue weighted by Crippen LogP contribution is -2.19. The van der Waals surface area contributed by atoms with E-state index in [2.05, 4.69) is 4.72 Å². The first-order valence-corrected chi connectivity index (χ1v) is 10.6. The van der Waals surface area contributed by atoms with Crippen LogP contribution in [0.3, 0.4) is 0 Å². The Morgan fingerprint density at radius 2 is 2.04 bits per heavy atom. The molecule has 0 unspecified atom stereocenters. The molecule has 6 nitrogen and oxygen atoms in total. The van der Waals surface area contributed by atoms with Crippen LogP contribution in [-0.4, -0.2) is 46.8 Å². The van der Waals surface area contributed by atoms with Crippen LogP contribution in [0, 0.1) is 0 Å². The third-order valence-corrected chi connectivity index (χ3v) is 6.27. The van der Waals surface area contributed by atoms with Gasteiger partial charge in [0.05, 0.1) is 11.5 Å². The van der Waals surface area contributed by atoms with E-state index in [-0.39, 0.29) is 4.90 Å². The van der Waals surface area contributed by atoms with Crippen molar-refractivity contribution in [1.82, 2.24) is 9.62 Å². The lowest BCUT2D eigenvalue weighted by molar-refractivity contribution is 0.327. The standard InChI is InChI=1S/C18H22N2O4S2/c1-19-26(21,22)15-5-6-16(13(10-15)12-20(2)3)24-14-4-7-18-17(11-14)23-8-9-25-18/h4-7,10-11,19H,8-9,12H2,1-3H3. The Kier molecular flexibility index (Phi) is 5.76. The van der Waals surface area contributed by atoms with Crippen molar-refractivity contribution in [3.8, 4) is 17.2 Å². The lowest BCUT2D eigenvalue weighted by Gasteiger charge is -2.19. The van der Waals surface area contributed by atoms with E-state index in [1.54, 1.807) is 30.0 Å². The van der Waals surface area contributed by atoms with E-state index in [1.165, 1.54) is 7.05 Å². The molecule has 0 aromatic heterocycles. The maximum atomic E-state index is 12.1. The molecule has 1 aliphatic rings. The SMILES string of the molecule is CNS(=O)(=O)c1ccc(Oc2ccc3c(c2)OCCS3)c(CN(C)C)c1. The fourth-order valence-corrected chi connectivity index (χ4v) is 4.21. The van der Waals surface area contributed by atoms with Gasteiger partial charge >= 0.3 is 0 Å². The van der Waals surface area contributed by atoms with Crippen LogP contribution >= 0.6 is 11.8 Å². The first-order valence-electron chi connectivity index (χ1n) is 8.18. The van der Waals surface area contributed by atoms with E-state index in [4.69, 9.17) is 9.47 Å². The molecule has 0 saturated heterocycles. The number of nitrogens with one attached hydrogen (secondary N) is 1. The molecule has 1 N–H and O–H groups in total. The number of hydrogen-bond donors (Lipinski definition) is 1. The molecule has 0 bridgehead atoms. The largest absolute Gasteiger partial charge is 0.491 e. The van der Waals surface area contributed by atoms with Gasteiger partial charge in [0.15, 0.2) is 0 Å². The molecular formula is C18H22N2O4S2. The zero-order chi connectivity index (χ0) is 18.7. The summed E-state index contributed by atoms with van der Waals surface area (Å²) in [6, 6.07) is 10.6. The van der Waals surface area contributed by atoms with E-state index in [1.807, 2.05) is 37.2 Å². The molecule has 0 amide bonds. The summed E-state index contributed by atoms with van der Waals surface area (Å²) in [4.78, 5) is 3.28. The van der Waals surface area contributed by atoms with Gasteiger partial charge in [0.1, 0.15) is 17.2 Å². The van der Waals surface area contributed by atoms with Gasteiger partial charge in [-0.1, -0.05) is 0 Å². The third-order valence-electron chi connectivity index (χ3n) is 3.84. The van der Waals surface area contributed by atoms with Crippen molar-refractivity contribution in [2.75, 3.05) is 33.5 Å². The van der Waals surface area contributed by atoms with Crippen molar-refractivity contribution in [2.24, 2.45) is 0 Å². The van der Waals surface area contributed by atoms with E-state index in [9.17, 15) is 8.42 Å². The van der Waals surface area contributed by atoms with Gasteiger partial charge in [0, 0.05) is 28.8 Å². The van der Waals surface area contributed by atoms with Crippen molar-refractivity contribution in [3.05, 3.63) is 42.0 Å². The van der Waals surface area contributed by atoms with E-state index in [0.717, 1.165) is 22.0 Å². The van der Waals surface area contributed by atoms with Gasteiger partial charge in [-0.05, 0) is 51.5 Å². The number of benzene rings is 2. The zero-order valence-corrected chi connectivity index (χ0v) is 16.6. The van der Waals surface area contributed by atoms with Gasteiger partial charge in [0.25, 0.3) is 0 Å². The number of sulfonamides is 1. The van der Waals surface area contributed by atoms with E-state index >= 15 is 0 Å². The minimum Gasteiger partial charge on any atom is -0.491 e. The molecule has 0 aliphatic carbocycles. The zero-order valence-electron chi connectivity index (χ0n) is 15.0.